The van der Waals surface area contributed by atoms with Gasteiger partial charge in [-0.2, -0.15) is 0 Å². The van der Waals surface area contributed by atoms with Gasteiger partial charge in [-0.1, -0.05) is 20.4 Å². The van der Waals surface area contributed by atoms with Crippen LogP contribution in [0.15, 0.2) is 36.4 Å². The summed E-state index contributed by atoms with van der Waals surface area (Å²) in [5.74, 6) is -4.35. The van der Waals surface area contributed by atoms with Crippen LogP contribution in [-0.4, -0.2) is 69.9 Å². The molecule has 6 aliphatic rings. The van der Waals surface area contributed by atoms with E-state index in [0.717, 1.165) is 5.39 Å². The van der Waals surface area contributed by atoms with E-state index in [9.17, 15) is 24.9 Å². The highest BCUT2D eigenvalue weighted by Gasteiger charge is 2.87. The Hall–Kier alpha value is -2.72. The molecule has 0 unspecified atom stereocenters. The van der Waals surface area contributed by atoms with Crippen molar-refractivity contribution < 1.29 is 39.1 Å². The highest BCUT2D eigenvalue weighted by atomic mass is 16.6. The number of aliphatic hydroxyl groups is 3. The summed E-state index contributed by atoms with van der Waals surface area (Å²) in [5, 5.41) is 36.5. The summed E-state index contributed by atoms with van der Waals surface area (Å²) in [6.07, 6.45) is -1.19. The Morgan fingerprint density at radius 3 is 2.69 bits per heavy atom. The fourth-order valence-electron chi connectivity index (χ4n) is 9.56. The first-order chi connectivity index (χ1) is 18.4. The van der Waals surface area contributed by atoms with E-state index in [2.05, 4.69) is 11.6 Å². The quantitative estimate of drug-likeness (QED) is 0.346. The van der Waals surface area contributed by atoms with Gasteiger partial charge in [0.05, 0.1) is 19.8 Å². The van der Waals surface area contributed by atoms with Gasteiger partial charge in [0.2, 0.25) is 5.79 Å². The molecule has 39 heavy (non-hydrogen) atoms. The molecule has 0 radical (unpaired) electrons. The number of Topliss-reactive ketones (excluding diaryl/α,β-unsaturated/α-hetero) is 1. The number of ketones is 1. The lowest BCUT2D eigenvalue weighted by Gasteiger charge is -2.74. The molecule has 3 heterocycles. The molecule has 2 spiro atoms. The van der Waals surface area contributed by atoms with Gasteiger partial charge in [-0.3, -0.25) is 4.79 Å². The molecule has 9 atom stereocenters. The van der Waals surface area contributed by atoms with Crippen molar-refractivity contribution >= 4 is 22.7 Å². The molecular formula is C30H35NO8. The maximum atomic E-state index is 14.2. The normalized spacial score (nSPS) is 43.7. The minimum atomic E-state index is -2.29. The van der Waals surface area contributed by atoms with E-state index in [0.29, 0.717) is 36.9 Å². The molecule has 8 rings (SSSR count). The second kappa shape index (κ2) is 7.72. The summed E-state index contributed by atoms with van der Waals surface area (Å²) in [7, 11) is 1.56. The van der Waals surface area contributed by atoms with Crippen LogP contribution >= 0.6 is 0 Å². The Kier molecular flexibility index (Phi) is 5.00. The minimum Gasteiger partial charge on any atom is -0.497 e. The van der Waals surface area contributed by atoms with Crippen LogP contribution in [0.3, 0.4) is 0 Å². The molecule has 6 fully saturated rings. The third kappa shape index (κ3) is 2.75. The summed E-state index contributed by atoms with van der Waals surface area (Å²) in [4.78, 5) is 30.9. The van der Waals surface area contributed by atoms with Gasteiger partial charge in [-0.25, -0.2) is 4.79 Å². The van der Waals surface area contributed by atoms with Crippen LogP contribution in [-0.2, 0) is 14.3 Å². The molecule has 2 aliphatic heterocycles. The predicted octanol–water partition coefficient (Wildman–Crippen LogP) is 2.73. The van der Waals surface area contributed by atoms with Gasteiger partial charge < -0.3 is 34.5 Å². The summed E-state index contributed by atoms with van der Waals surface area (Å²) in [6.45, 7) is 8.16. The minimum absolute atomic E-state index is 0.0250. The largest absolute Gasteiger partial charge is 0.497 e. The van der Waals surface area contributed by atoms with E-state index in [-0.39, 0.29) is 17.9 Å². The second-order valence-corrected chi connectivity index (χ2v) is 13.0. The molecule has 4 saturated carbocycles. The van der Waals surface area contributed by atoms with Crippen molar-refractivity contribution in [2.45, 2.75) is 63.6 Å². The van der Waals surface area contributed by atoms with E-state index in [4.69, 9.17) is 14.2 Å². The van der Waals surface area contributed by atoms with E-state index in [1.165, 1.54) is 0 Å². The third-order valence-electron chi connectivity index (χ3n) is 11.1. The highest BCUT2D eigenvalue weighted by molar-refractivity contribution is 6.06. The number of carbonyl (C=O) groups is 2. The first-order valence-corrected chi connectivity index (χ1v) is 13.8. The number of nitrogens with one attached hydrogen (secondary N) is 1. The lowest BCUT2D eigenvalue weighted by molar-refractivity contribution is -0.457. The number of methoxy groups -OCH3 is 1. The summed E-state index contributed by atoms with van der Waals surface area (Å²) in [5.41, 5.74) is -2.00. The number of rotatable bonds is 3. The van der Waals surface area contributed by atoms with Gasteiger partial charge in [-0.15, -0.1) is 0 Å². The van der Waals surface area contributed by atoms with Crippen molar-refractivity contribution in [2.24, 2.45) is 34.0 Å². The maximum absolute atomic E-state index is 14.2. The second-order valence-electron chi connectivity index (χ2n) is 13.0. The van der Waals surface area contributed by atoms with Gasteiger partial charge in [-0.05, 0) is 60.8 Å². The Bertz CT molecular complexity index is 1430. The van der Waals surface area contributed by atoms with Crippen LogP contribution in [0.25, 0.3) is 10.9 Å². The molecule has 9 nitrogen and oxygen atoms in total. The van der Waals surface area contributed by atoms with Crippen molar-refractivity contribution in [1.29, 1.82) is 0 Å². The number of hydrogen-bond acceptors (Lipinski definition) is 8. The molecular weight excluding hydrogens is 502 g/mol. The molecule has 4 N–H and O–H groups in total. The number of carbonyl (C=O) groups excluding carboxylic acids is 2. The van der Waals surface area contributed by atoms with Crippen LogP contribution in [0.5, 0.6) is 5.75 Å². The number of benzene rings is 1. The van der Waals surface area contributed by atoms with Crippen LogP contribution in [0.1, 0.15) is 50.0 Å². The molecule has 2 aromatic rings. The Morgan fingerprint density at radius 2 is 1.95 bits per heavy atom. The van der Waals surface area contributed by atoms with Crippen LogP contribution in [0.4, 0.5) is 0 Å². The number of aromatic nitrogens is 1. The highest BCUT2D eigenvalue weighted by Crippen LogP contribution is 2.76. The Morgan fingerprint density at radius 1 is 1.18 bits per heavy atom. The summed E-state index contributed by atoms with van der Waals surface area (Å²) < 4.78 is 17.5. The van der Waals surface area contributed by atoms with Crippen LogP contribution < -0.4 is 4.74 Å². The van der Waals surface area contributed by atoms with Gasteiger partial charge in [0.1, 0.15) is 29.1 Å². The molecule has 4 aliphatic carbocycles. The average Bonchev–Trinajstić information content (AvgIpc) is 3.38. The van der Waals surface area contributed by atoms with Gasteiger partial charge in [0, 0.05) is 34.2 Å². The van der Waals surface area contributed by atoms with Crippen molar-refractivity contribution in [3.05, 3.63) is 42.1 Å². The van der Waals surface area contributed by atoms with E-state index in [1.54, 1.807) is 25.3 Å². The molecule has 2 saturated heterocycles. The predicted molar refractivity (Wildman–Crippen MR) is 139 cm³/mol. The first kappa shape index (κ1) is 25.3. The Balaban J connectivity index is 1.35. The van der Waals surface area contributed by atoms with Crippen molar-refractivity contribution in [1.82, 2.24) is 4.98 Å². The van der Waals surface area contributed by atoms with Crippen LogP contribution in [0, 0.1) is 34.0 Å². The monoisotopic (exact) mass is 537 g/mol. The smallest absolute Gasteiger partial charge is 0.355 e. The number of aliphatic hydroxyl groups excluding tert-OH is 2. The maximum Gasteiger partial charge on any atom is 0.355 e. The lowest BCUT2D eigenvalue weighted by atomic mass is 9.35. The zero-order valence-electron chi connectivity index (χ0n) is 22.4. The zero-order valence-corrected chi connectivity index (χ0v) is 22.4. The number of hydrogen-bond donors (Lipinski definition) is 4. The number of esters is 1. The number of aromatic amines is 1. The van der Waals surface area contributed by atoms with Crippen molar-refractivity contribution in [2.75, 3.05) is 13.7 Å². The van der Waals surface area contributed by atoms with Crippen LogP contribution in [0.2, 0.25) is 0 Å². The molecule has 208 valence electrons. The number of ether oxygens (including phenoxy) is 3. The molecule has 4 bridgehead atoms. The Labute approximate surface area is 226 Å². The molecule has 9 heteroatoms. The summed E-state index contributed by atoms with van der Waals surface area (Å²) >= 11 is 0. The third-order valence-corrected chi connectivity index (χ3v) is 11.1. The molecule has 1 aromatic heterocycles. The van der Waals surface area contributed by atoms with E-state index >= 15 is 0 Å². The molecule has 1 aromatic carbocycles. The van der Waals surface area contributed by atoms with Gasteiger partial charge >= 0.3 is 5.97 Å². The fourth-order valence-corrected chi connectivity index (χ4v) is 9.56. The van der Waals surface area contributed by atoms with Crippen molar-refractivity contribution in [3.8, 4) is 5.75 Å². The fraction of sp³-hybridized carbons (Fsp3) is 0.600. The summed E-state index contributed by atoms with van der Waals surface area (Å²) in [6, 6.07) is 7.06. The first-order valence-electron chi connectivity index (χ1n) is 13.8. The SMILES string of the molecule is C=C1C(=O)[C@]23[C@H](OC(=O)c4cc5ccc(OC)cc5[nH]4)[C@H]1CC[C@H]2[C@@]12CO[C@]3(O)[C@@H](O)[C@@H]1C(C)(C)CC[C@@H]2O. The number of H-pyrrole nitrogens is 1. The van der Waals surface area contributed by atoms with E-state index < -0.39 is 69.9 Å². The zero-order chi connectivity index (χ0) is 27.7. The average molecular weight is 538 g/mol. The van der Waals surface area contributed by atoms with Gasteiger partial charge in [0.25, 0.3) is 0 Å². The standard InChI is InChI=1S/C30H35NO8/c1-14-17-7-8-20-28-13-38-30(36,24(34)22(28)27(2,3)10-9-21(28)32)29(20,23(14)33)25(17)39-26(35)19-11-15-5-6-16(37-4)12-18(15)31-19/h5-6,11-12,17,20-22,24-25,31-32,34,36H,1,7-10,13H2,2-4H3/t17-,20-,21-,22+,24-,25+,28+,29-,30+/m0/s1. The van der Waals surface area contributed by atoms with E-state index in [1.807, 2.05) is 19.9 Å². The molecule has 0 amide bonds. The number of fused-ring (bicyclic) bond motifs is 3. The van der Waals surface area contributed by atoms with Crippen molar-refractivity contribution in [3.63, 3.8) is 0 Å². The lowest BCUT2D eigenvalue weighted by Crippen LogP contribution is -2.85. The van der Waals surface area contributed by atoms with Gasteiger partial charge in [0.15, 0.2) is 5.78 Å². The topological polar surface area (TPSA) is 138 Å².